The first-order valence-electron chi connectivity index (χ1n) is 5.52. The molecule has 0 spiro atoms. The third-order valence-electron chi connectivity index (χ3n) is 2.28. The molecule has 20 heavy (non-hydrogen) atoms. The topological polar surface area (TPSA) is 86.2 Å². The van der Waals surface area contributed by atoms with E-state index in [-0.39, 0.29) is 23.4 Å². The predicted octanol–water partition coefficient (Wildman–Crippen LogP) is 1.79. The third-order valence-corrected chi connectivity index (χ3v) is 2.51. The van der Waals surface area contributed by atoms with Crippen LogP contribution in [0.15, 0.2) is 24.4 Å². The fourth-order valence-electron chi connectivity index (χ4n) is 1.36. The fraction of sp³-hybridized carbons (Fsp3) is 0.167. The summed E-state index contributed by atoms with van der Waals surface area (Å²) in [6.45, 7) is 0. The monoisotopic (exact) mass is 294 g/mol. The average molecular weight is 295 g/mol. The molecule has 1 N–H and O–H groups in total. The van der Waals surface area contributed by atoms with Crippen molar-refractivity contribution in [2.24, 2.45) is 0 Å². The Bertz CT molecular complexity index is 614. The van der Waals surface area contributed by atoms with Crippen LogP contribution >= 0.6 is 11.6 Å². The van der Waals surface area contributed by atoms with E-state index in [9.17, 15) is 4.79 Å². The molecule has 0 atom stereocenters. The molecule has 0 fully saturated rings. The molecular weight excluding hydrogens is 284 g/mol. The van der Waals surface area contributed by atoms with E-state index in [1.807, 2.05) is 0 Å². The SMILES string of the molecule is COc1cc(OC)nc(NC(=O)c2cc(Cl)ccn2)n1. The summed E-state index contributed by atoms with van der Waals surface area (Å²) in [5, 5.41) is 2.90. The number of rotatable bonds is 4. The standard InChI is InChI=1S/C12H11ClN4O3/c1-19-9-6-10(20-2)16-12(15-9)17-11(18)8-5-7(13)3-4-14-8/h3-6H,1-2H3,(H,15,16,17,18). The van der Waals surface area contributed by atoms with E-state index in [2.05, 4.69) is 20.3 Å². The Morgan fingerprint density at radius 1 is 1.20 bits per heavy atom. The van der Waals surface area contributed by atoms with Gasteiger partial charge in [0.2, 0.25) is 17.7 Å². The Hall–Kier alpha value is -2.41. The van der Waals surface area contributed by atoms with Crippen molar-refractivity contribution in [2.45, 2.75) is 0 Å². The number of methoxy groups -OCH3 is 2. The Balaban J connectivity index is 2.23. The zero-order valence-electron chi connectivity index (χ0n) is 10.8. The van der Waals surface area contributed by atoms with E-state index in [0.29, 0.717) is 5.02 Å². The maximum Gasteiger partial charge on any atom is 0.276 e. The molecule has 2 rings (SSSR count). The normalized spacial score (nSPS) is 9.95. The van der Waals surface area contributed by atoms with Crippen LogP contribution in [-0.2, 0) is 0 Å². The third kappa shape index (κ3) is 3.33. The number of carbonyl (C=O) groups excluding carboxylic acids is 1. The number of aromatic nitrogens is 3. The zero-order valence-corrected chi connectivity index (χ0v) is 11.5. The zero-order chi connectivity index (χ0) is 14.5. The van der Waals surface area contributed by atoms with Crippen LogP contribution in [0.2, 0.25) is 5.02 Å². The molecule has 1 amide bonds. The van der Waals surface area contributed by atoms with Crippen molar-refractivity contribution >= 4 is 23.5 Å². The summed E-state index contributed by atoms with van der Waals surface area (Å²) >= 11 is 5.80. The van der Waals surface area contributed by atoms with Crippen molar-refractivity contribution in [2.75, 3.05) is 19.5 Å². The molecule has 0 aliphatic rings. The van der Waals surface area contributed by atoms with E-state index in [4.69, 9.17) is 21.1 Å². The number of nitrogens with zero attached hydrogens (tertiary/aromatic N) is 3. The number of nitrogens with one attached hydrogen (secondary N) is 1. The van der Waals surface area contributed by atoms with Crippen molar-refractivity contribution in [3.63, 3.8) is 0 Å². The van der Waals surface area contributed by atoms with E-state index in [0.717, 1.165) is 0 Å². The molecule has 0 aliphatic heterocycles. The van der Waals surface area contributed by atoms with Crippen LogP contribution in [-0.4, -0.2) is 35.1 Å². The lowest BCUT2D eigenvalue weighted by Gasteiger charge is -2.07. The number of hydrogen-bond acceptors (Lipinski definition) is 6. The molecule has 104 valence electrons. The minimum absolute atomic E-state index is 0.0491. The molecule has 2 heterocycles. The quantitative estimate of drug-likeness (QED) is 0.925. The Labute approximate surface area is 119 Å². The lowest BCUT2D eigenvalue weighted by Crippen LogP contribution is -2.16. The first-order chi connectivity index (χ1) is 9.62. The number of hydrogen-bond donors (Lipinski definition) is 1. The Morgan fingerprint density at radius 3 is 2.40 bits per heavy atom. The highest BCUT2D eigenvalue weighted by atomic mass is 35.5. The lowest BCUT2D eigenvalue weighted by atomic mass is 10.3. The molecule has 0 saturated carbocycles. The van der Waals surface area contributed by atoms with Gasteiger partial charge in [-0.25, -0.2) is 0 Å². The van der Waals surface area contributed by atoms with Crippen molar-refractivity contribution in [3.05, 3.63) is 35.1 Å². The second kappa shape index (κ2) is 6.16. The van der Waals surface area contributed by atoms with Gasteiger partial charge >= 0.3 is 0 Å². The highest BCUT2D eigenvalue weighted by Crippen LogP contribution is 2.18. The second-order valence-corrected chi connectivity index (χ2v) is 4.03. The Morgan fingerprint density at radius 2 is 1.85 bits per heavy atom. The molecule has 0 aliphatic carbocycles. The minimum Gasteiger partial charge on any atom is -0.481 e. The van der Waals surface area contributed by atoms with E-state index in [1.165, 1.54) is 32.5 Å². The van der Waals surface area contributed by atoms with Crippen molar-refractivity contribution in [1.29, 1.82) is 0 Å². The van der Waals surface area contributed by atoms with E-state index >= 15 is 0 Å². The summed E-state index contributed by atoms with van der Waals surface area (Å²) in [4.78, 5) is 23.8. The number of anilines is 1. The summed E-state index contributed by atoms with van der Waals surface area (Å²) < 4.78 is 9.97. The molecule has 0 bridgehead atoms. The summed E-state index contributed by atoms with van der Waals surface area (Å²) in [6, 6.07) is 4.50. The second-order valence-electron chi connectivity index (χ2n) is 3.59. The molecule has 0 aromatic carbocycles. The summed E-state index contributed by atoms with van der Waals surface area (Å²) in [7, 11) is 2.90. The average Bonchev–Trinajstić information content (AvgIpc) is 2.46. The largest absolute Gasteiger partial charge is 0.481 e. The van der Waals surface area contributed by atoms with Gasteiger partial charge in [0.15, 0.2) is 0 Å². The maximum atomic E-state index is 12.0. The first kappa shape index (κ1) is 14.0. The molecule has 7 nitrogen and oxygen atoms in total. The molecule has 2 aromatic rings. The summed E-state index contributed by atoms with van der Waals surface area (Å²) in [5.41, 5.74) is 0.155. The number of ether oxygens (including phenoxy) is 2. The molecular formula is C12H11ClN4O3. The van der Waals surface area contributed by atoms with Crippen molar-refractivity contribution in [1.82, 2.24) is 15.0 Å². The van der Waals surface area contributed by atoms with Gasteiger partial charge in [0.1, 0.15) is 5.69 Å². The highest BCUT2D eigenvalue weighted by Gasteiger charge is 2.12. The predicted molar refractivity (Wildman–Crippen MR) is 72.3 cm³/mol. The highest BCUT2D eigenvalue weighted by molar-refractivity contribution is 6.30. The molecule has 0 radical (unpaired) electrons. The molecule has 0 saturated heterocycles. The van der Waals surface area contributed by atoms with Gasteiger partial charge in [0, 0.05) is 11.2 Å². The van der Waals surface area contributed by atoms with Crippen LogP contribution in [0.5, 0.6) is 11.8 Å². The van der Waals surface area contributed by atoms with Gasteiger partial charge < -0.3 is 9.47 Å². The number of halogens is 1. The first-order valence-corrected chi connectivity index (χ1v) is 5.90. The number of pyridine rings is 1. The summed E-state index contributed by atoms with van der Waals surface area (Å²) in [5.74, 6) is 0.105. The molecule has 0 unspecified atom stereocenters. The van der Waals surface area contributed by atoms with Crippen LogP contribution in [0.4, 0.5) is 5.95 Å². The van der Waals surface area contributed by atoms with Crippen molar-refractivity contribution in [3.8, 4) is 11.8 Å². The van der Waals surface area contributed by atoms with Crippen LogP contribution in [0.25, 0.3) is 0 Å². The van der Waals surface area contributed by atoms with Gasteiger partial charge in [0.25, 0.3) is 5.91 Å². The van der Waals surface area contributed by atoms with Gasteiger partial charge in [-0.05, 0) is 12.1 Å². The van der Waals surface area contributed by atoms with Gasteiger partial charge in [-0.1, -0.05) is 11.6 Å². The Kier molecular flexibility index (Phi) is 4.31. The molecule has 8 heteroatoms. The van der Waals surface area contributed by atoms with Crippen LogP contribution < -0.4 is 14.8 Å². The van der Waals surface area contributed by atoms with E-state index < -0.39 is 5.91 Å². The lowest BCUT2D eigenvalue weighted by molar-refractivity contribution is 0.102. The number of carbonyl (C=O) groups is 1. The van der Waals surface area contributed by atoms with Gasteiger partial charge in [0.05, 0.1) is 20.3 Å². The smallest absolute Gasteiger partial charge is 0.276 e. The van der Waals surface area contributed by atoms with Gasteiger partial charge in [-0.15, -0.1) is 0 Å². The van der Waals surface area contributed by atoms with Crippen LogP contribution in [0.1, 0.15) is 10.5 Å². The summed E-state index contributed by atoms with van der Waals surface area (Å²) in [6.07, 6.45) is 1.43. The number of amides is 1. The van der Waals surface area contributed by atoms with Crippen molar-refractivity contribution < 1.29 is 14.3 Å². The minimum atomic E-state index is -0.484. The fourth-order valence-corrected chi connectivity index (χ4v) is 1.52. The van der Waals surface area contributed by atoms with Crippen LogP contribution in [0, 0.1) is 0 Å². The van der Waals surface area contributed by atoms with E-state index in [1.54, 1.807) is 6.07 Å². The maximum absolute atomic E-state index is 12.0. The molecule has 2 aromatic heterocycles. The van der Waals surface area contributed by atoms with Gasteiger partial charge in [-0.3, -0.25) is 15.1 Å². The van der Waals surface area contributed by atoms with Gasteiger partial charge in [-0.2, -0.15) is 9.97 Å². The van der Waals surface area contributed by atoms with Crippen LogP contribution in [0.3, 0.4) is 0 Å².